The Balaban J connectivity index is 2.00. The number of carbonyl (C=O) groups is 1. The summed E-state index contributed by atoms with van der Waals surface area (Å²) >= 11 is 0. The van der Waals surface area contributed by atoms with Crippen LogP contribution in [0.25, 0.3) is 0 Å². The monoisotopic (exact) mass is 275 g/mol. The summed E-state index contributed by atoms with van der Waals surface area (Å²) in [4.78, 5) is 13.4. The molecule has 2 fully saturated rings. The van der Waals surface area contributed by atoms with E-state index in [1.165, 1.54) is 4.90 Å². The zero-order chi connectivity index (χ0) is 14.3. The molecular weight excluding hydrogens is 259 g/mol. The van der Waals surface area contributed by atoms with Crippen LogP contribution in [0.5, 0.6) is 0 Å². The molecule has 1 amide bonds. The van der Waals surface area contributed by atoms with Crippen molar-refractivity contribution in [3.05, 3.63) is 0 Å². The van der Waals surface area contributed by atoms with Crippen LogP contribution >= 0.6 is 0 Å². The standard InChI is InChI=1S/C12H16F3N3O/c13-12(14,15)11(3-4-11)9(17)10(19)18-5-1-8(7-16)2-6-18/h8-9H,1-6,17H2/t9-/m0/s1. The first kappa shape index (κ1) is 14.1. The van der Waals surface area contributed by atoms with Crippen LogP contribution in [-0.4, -0.2) is 36.1 Å². The lowest BCUT2D eigenvalue weighted by Crippen LogP contribution is -2.54. The summed E-state index contributed by atoms with van der Waals surface area (Å²) in [6.07, 6.45) is -3.55. The summed E-state index contributed by atoms with van der Waals surface area (Å²) in [5.41, 5.74) is 3.55. The highest BCUT2D eigenvalue weighted by Gasteiger charge is 2.68. The van der Waals surface area contributed by atoms with Crippen LogP contribution < -0.4 is 5.73 Å². The molecule has 1 saturated heterocycles. The molecular formula is C12H16F3N3O. The van der Waals surface area contributed by atoms with E-state index in [1.54, 1.807) is 0 Å². The molecule has 1 aliphatic carbocycles. The van der Waals surface area contributed by atoms with Gasteiger partial charge in [-0.05, 0) is 25.7 Å². The van der Waals surface area contributed by atoms with Crippen molar-refractivity contribution in [2.24, 2.45) is 17.1 Å². The first-order valence-corrected chi connectivity index (χ1v) is 6.32. The van der Waals surface area contributed by atoms with Crippen molar-refractivity contribution in [3.63, 3.8) is 0 Å². The number of rotatable bonds is 2. The van der Waals surface area contributed by atoms with E-state index < -0.39 is 23.5 Å². The number of nitrogens with zero attached hydrogens (tertiary/aromatic N) is 2. The zero-order valence-electron chi connectivity index (χ0n) is 10.4. The van der Waals surface area contributed by atoms with E-state index in [0.717, 1.165) is 0 Å². The zero-order valence-corrected chi connectivity index (χ0v) is 10.4. The third-order valence-corrected chi connectivity index (χ3v) is 4.20. The first-order chi connectivity index (χ1) is 8.82. The van der Waals surface area contributed by atoms with Crippen LogP contribution in [0.4, 0.5) is 13.2 Å². The van der Waals surface area contributed by atoms with Crippen molar-refractivity contribution >= 4 is 5.91 Å². The van der Waals surface area contributed by atoms with Crippen molar-refractivity contribution in [1.29, 1.82) is 5.26 Å². The van der Waals surface area contributed by atoms with Gasteiger partial charge >= 0.3 is 6.18 Å². The Hall–Kier alpha value is -1.29. The first-order valence-electron chi connectivity index (χ1n) is 6.32. The number of halogens is 3. The second-order valence-electron chi connectivity index (χ2n) is 5.36. The Morgan fingerprint density at radius 1 is 1.37 bits per heavy atom. The fourth-order valence-electron chi connectivity index (χ4n) is 2.57. The predicted molar refractivity (Wildman–Crippen MR) is 60.6 cm³/mol. The van der Waals surface area contributed by atoms with Gasteiger partial charge in [0.1, 0.15) is 0 Å². The molecule has 0 spiro atoms. The van der Waals surface area contributed by atoms with Crippen LogP contribution in [0.15, 0.2) is 0 Å². The molecule has 0 bridgehead atoms. The number of nitriles is 1. The van der Waals surface area contributed by atoms with Crippen LogP contribution in [0.1, 0.15) is 25.7 Å². The Labute approximate surface area is 109 Å². The number of likely N-dealkylation sites (tertiary alicyclic amines) is 1. The fourth-order valence-corrected chi connectivity index (χ4v) is 2.57. The molecule has 2 aliphatic rings. The van der Waals surface area contributed by atoms with Gasteiger partial charge in [0.05, 0.1) is 17.5 Å². The van der Waals surface area contributed by atoms with Gasteiger partial charge in [-0.3, -0.25) is 4.79 Å². The lowest BCUT2D eigenvalue weighted by Gasteiger charge is -2.34. The average Bonchev–Trinajstić information content (AvgIpc) is 3.18. The number of hydrogen-bond acceptors (Lipinski definition) is 3. The highest BCUT2D eigenvalue weighted by molar-refractivity contribution is 5.83. The van der Waals surface area contributed by atoms with Gasteiger partial charge < -0.3 is 10.6 Å². The largest absolute Gasteiger partial charge is 0.396 e. The summed E-state index contributed by atoms with van der Waals surface area (Å²) in [5.74, 6) is -0.746. The number of amides is 1. The summed E-state index contributed by atoms with van der Waals surface area (Å²) in [7, 11) is 0. The summed E-state index contributed by atoms with van der Waals surface area (Å²) in [6, 6.07) is 0.602. The lowest BCUT2D eigenvalue weighted by atomic mass is 9.93. The third-order valence-electron chi connectivity index (χ3n) is 4.20. The summed E-state index contributed by atoms with van der Waals surface area (Å²) < 4.78 is 38.7. The van der Waals surface area contributed by atoms with Crippen molar-refractivity contribution in [2.75, 3.05) is 13.1 Å². The van der Waals surface area contributed by atoms with Gasteiger partial charge in [-0.2, -0.15) is 18.4 Å². The molecule has 0 aromatic rings. The Bertz CT molecular complexity index is 403. The molecule has 7 heteroatoms. The second kappa shape index (κ2) is 4.67. The van der Waals surface area contributed by atoms with Gasteiger partial charge in [0.2, 0.25) is 5.91 Å². The molecule has 1 heterocycles. The minimum atomic E-state index is -4.42. The summed E-state index contributed by atoms with van der Waals surface area (Å²) in [5, 5.41) is 8.74. The molecule has 1 atom stereocenters. The highest BCUT2D eigenvalue weighted by Crippen LogP contribution is 2.59. The molecule has 0 radical (unpaired) electrons. The van der Waals surface area contributed by atoms with E-state index in [1.807, 2.05) is 0 Å². The minimum Gasteiger partial charge on any atom is -0.341 e. The maximum absolute atomic E-state index is 12.9. The predicted octanol–water partition coefficient (Wildman–Crippen LogP) is 1.42. The molecule has 1 saturated carbocycles. The van der Waals surface area contributed by atoms with E-state index >= 15 is 0 Å². The van der Waals surface area contributed by atoms with Gasteiger partial charge in [-0.15, -0.1) is 0 Å². The average molecular weight is 275 g/mol. The van der Waals surface area contributed by atoms with E-state index in [-0.39, 0.29) is 18.8 Å². The van der Waals surface area contributed by atoms with Gasteiger partial charge in [-0.1, -0.05) is 0 Å². The van der Waals surface area contributed by atoms with Crippen molar-refractivity contribution in [2.45, 2.75) is 37.9 Å². The van der Waals surface area contributed by atoms with Crippen molar-refractivity contribution in [3.8, 4) is 6.07 Å². The molecule has 0 unspecified atom stereocenters. The quantitative estimate of drug-likeness (QED) is 0.828. The van der Waals surface area contributed by atoms with Crippen LogP contribution in [-0.2, 0) is 4.79 Å². The number of hydrogen-bond donors (Lipinski definition) is 1. The number of alkyl halides is 3. The number of nitrogens with two attached hydrogens (primary N) is 1. The van der Waals surface area contributed by atoms with Gasteiger partial charge in [0.25, 0.3) is 0 Å². The maximum Gasteiger partial charge on any atom is 0.396 e. The molecule has 2 N–H and O–H groups in total. The molecule has 106 valence electrons. The molecule has 4 nitrogen and oxygen atoms in total. The highest BCUT2D eigenvalue weighted by atomic mass is 19.4. The molecule has 0 aromatic heterocycles. The smallest absolute Gasteiger partial charge is 0.341 e. The Kier molecular flexibility index (Phi) is 3.47. The van der Waals surface area contributed by atoms with E-state index in [9.17, 15) is 18.0 Å². The van der Waals surface area contributed by atoms with Gasteiger partial charge in [0.15, 0.2) is 0 Å². The SMILES string of the molecule is N#CC1CCN(C(=O)[C@H](N)C2(C(F)(F)F)CC2)CC1. The van der Waals surface area contributed by atoms with E-state index in [4.69, 9.17) is 11.0 Å². The summed E-state index contributed by atoms with van der Waals surface area (Å²) in [6.45, 7) is 0.636. The maximum atomic E-state index is 12.9. The third kappa shape index (κ3) is 2.41. The number of piperidine rings is 1. The number of carbonyl (C=O) groups excluding carboxylic acids is 1. The van der Waals surface area contributed by atoms with Crippen LogP contribution in [0.3, 0.4) is 0 Å². The Morgan fingerprint density at radius 2 is 1.89 bits per heavy atom. The Morgan fingerprint density at radius 3 is 2.26 bits per heavy atom. The molecule has 0 aromatic carbocycles. The molecule has 2 rings (SSSR count). The van der Waals surface area contributed by atoms with Crippen LogP contribution in [0, 0.1) is 22.7 Å². The van der Waals surface area contributed by atoms with Crippen molar-refractivity contribution < 1.29 is 18.0 Å². The fraction of sp³-hybridized carbons (Fsp3) is 0.833. The van der Waals surface area contributed by atoms with Crippen LogP contribution in [0.2, 0.25) is 0 Å². The topological polar surface area (TPSA) is 70.1 Å². The lowest BCUT2D eigenvalue weighted by molar-refractivity contribution is -0.197. The minimum absolute atomic E-state index is 0.0714. The normalized spacial score (nSPS) is 24.7. The van der Waals surface area contributed by atoms with Gasteiger partial charge in [0, 0.05) is 19.0 Å². The second-order valence-corrected chi connectivity index (χ2v) is 5.36. The van der Waals surface area contributed by atoms with E-state index in [0.29, 0.717) is 25.9 Å². The van der Waals surface area contributed by atoms with E-state index in [2.05, 4.69) is 6.07 Å². The molecule has 1 aliphatic heterocycles. The van der Waals surface area contributed by atoms with Crippen molar-refractivity contribution in [1.82, 2.24) is 4.90 Å². The van der Waals surface area contributed by atoms with Gasteiger partial charge in [-0.25, -0.2) is 0 Å². The molecule has 19 heavy (non-hydrogen) atoms.